The first-order valence-corrected chi connectivity index (χ1v) is 8.85. The maximum absolute atomic E-state index is 12.5. The average Bonchev–Trinajstić information content (AvgIpc) is 2.90. The second-order valence-electron chi connectivity index (χ2n) is 6.42. The Morgan fingerprint density at radius 3 is 2.70 bits per heavy atom. The first kappa shape index (κ1) is 17.9. The lowest BCUT2D eigenvalue weighted by Crippen LogP contribution is -2.46. The molecule has 1 heterocycles. The van der Waals surface area contributed by atoms with Gasteiger partial charge in [-0.2, -0.15) is 0 Å². The summed E-state index contributed by atoms with van der Waals surface area (Å²) in [6.07, 6.45) is -0.468. The number of aryl methyl sites for hydroxylation is 1. The SMILES string of the molecule is Cc1ccc(NC(=O)C2CSCN2C(=O)OC(C)(C)C)cc1Cl. The van der Waals surface area contributed by atoms with Crippen LogP contribution in [0.5, 0.6) is 0 Å². The Hall–Kier alpha value is -1.40. The lowest BCUT2D eigenvalue weighted by atomic mass is 10.2. The van der Waals surface area contributed by atoms with E-state index in [1.165, 1.54) is 16.7 Å². The predicted molar refractivity (Wildman–Crippen MR) is 94.0 cm³/mol. The van der Waals surface area contributed by atoms with Crippen LogP contribution in [0.15, 0.2) is 18.2 Å². The highest BCUT2D eigenvalue weighted by Crippen LogP contribution is 2.25. The van der Waals surface area contributed by atoms with Crippen LogP contribution in [0.1, 0.15) is 26.3 Å². The fourth-order valence-electron chi connectivity index (χ4n) is 2.06. The van der Waals surface area contributed by atoms with Gasteiger partial charge in [0.05, 0.1) is 5.88 Å². The minimum atomic E-state index is -0.587. The van der Waals surface area contributed by atoms with Crippen LogP contribution in [0.3, 0.4) is 0 Å². The van der Waals surface area contributed by atoms with Gasteiger partial charge in [0.1, 0.15) is 11.6 Å². The minimum Gasteiger partial charge on any atom is -0.444 e. The second kappa shape index (κ2) is 7.01. The first-order chi connectivity index (χ1) is 10.7. The summed E-state index contributed by atoms with van der Waals surface area (Å²) < 4.78 is 5.36. The lowest BCUT2D eigenvalue weighted by molar-refractivity contribution is -0.120. The molecule has 0 spiro atoms. The summed E-state index contributed by atoms with van der Waals surface area (Å²) in [7, 11) is 0. The molecule has 0 bridgehead atoms. The second-order valence-corrected chi connectivity index (χ2v) is 7.83. The summed E-state index contributed by atoms with van der Waals surface area (Å²) >= 11 is 7.60. The Morgan fingerprint density at radius 2 is 2.09 bits per heavy atom. The zero-order chi connectivity index (χ0) is 17.2. The van der Waals surface area contributed by atoms with Crippen LogP contribution in [0.2, 0.25) is 5.02 Å². The van der Waals surface area contributed by atoms with E-state index in [0.717, 1.165) is 5.56 Å². The quantitative estimate of drug-likeness (QED) is 0.873. The van der Waals surface area contributed by atoms with Crippen molar-refractivity contribution in [1.82, 2.24) is 4.90 Å². The van der Waals surface area contributed by atoms with Gasteiger partial charge in [-0.3, -0.25) is 9.69 Å². The highest BCUT2D eigenvalue weighted by Gasteiger charge is 2.37. The van der Waals surface area contributed by atoms with E-state index in [2.05, 4.69) is 5.32 Å². The smallest absolute Gasteiger partial charge is 0.411 e. The Balaban J connectivity index is 2.05. The number of hydrogen-bond donors (Lipinski definition) is 1. The molecule has 0 saturated carbocycles. The Morgan fingerprint density at radius 1 is 1.39 bits per heavy atom. The molecule has 1 saturated heterocycles. The normalized spacial score (nSPS) is 18.0. The third-order valence-electron chi connectivity index (χ3n) is 3.25. The van der Waals surface area contributed by atoms with Gasteiger partial charge in [-0.1, -0.05) is 17.7 Å². The van der Waals surface area contributed by atoms with E-state index in [-0.39, 0.29) is 5.91 Å². The average molecular weight is 357 g/mol. The monoisotopic (exact) mass is 356 g/mol. The van der Waals surface area contributed by atoms with Gasteiger partial charge in [0.25, 0.3) is 0 Å². The van der Waals surface area contributed by atoms with E-state index >= 15 is 0 Å². The number of thioether (sulfide) groups is 1. The number of carbonyl (C=O) groups excluding carboxylic acids is 2. The molecule has 1 aliphatic rings. The van der Waals surface area contributed by atoms with Crippen LogP contribution in [0, 0.1) is 6.92 Å². The number of ether oxygens (including phenoxy) is 1. The molecular formula is C16H21ClN2O3S. The third kappa shape index (κ3) is 4.78. The van der Waals surface area contributed by atoms with E-state index < -0.39 is 17.7 Å². The largest absolute Gasteiger partial charge is 0.444 e. The van der Waals surface area contributed by atoms with Crippen LogP contribution < -0.4 is 5.32 Å². The summed E-state index contributed by atoms with van der Waals surface area (Å²) in [5, 5.41) is 3.40. The van der Waals surface area contributed by atoms with Crippen molar-refractivity contribution in [1.29, 1.82) is 0 Å². The molecule has 0 radical (unpaired) electrons. The molecule has 1 aliphatic heterocycles. The Labute approximate surface area is 145 Å². The molecule has 1 unspecified atom stereocenters. The number of carbonyl (C=O) groups is 2. The van der Waals surface area contributed by atoms with E-state index in [4.69, 9.17) is 16.3 Å². The number of nitrogens with zero attached hydrogens (tertiary/aromatic N) is 1. The van der Waals surface area contributed by atoms with Gasteiger partial charge in [-0.05, 0) is 45.4 Å². The topological polar surface area (TPSA) is 58.6 Å². The molecule has 2 amide bonds. The summed E-state index contributed by atoms with van der Waals surface area (Å²) in [5.41, 5.74) is 0.971. The summed E-state index contributed by atoms with van der Waals surface area (Å²) in [5.74, 6) is 0.757. The fourth-order valence-corrected chi connectivity index (χ4v) is 3.38. The van der Waals surface area contributed by atoms with Crippen molar-refractivity contribution in [2.75, 3.05) is 16.9 Å². The van der Waals surface area contributed by atoms with E-state index in [0.29, 0.717) is 22.3 Å². The highest BCUT2D eigenvalue weighted by molar-refractivity contribution is 7.99. The van der Waals surface area contributed by atoms with Gasteiger partial charge >= 0.3 is 6.09 Å². The standard InChI is InChI=1S/C16H21ClN2O3S/c1-10-5-6-11(7-12(10)17)18-14(20)13-8-23-9-19(13)15(21)22-16(2,3)4/h5-7,13H,8-9H2,1-4H3,(H,18,20). The molecule has 1 aromatic carbocycles. The lowest BCUT2D eigenvalue weighted by Gasteiger charge is -2.27. The molecule has 2 rings (SSSR count). The molecule has 1 fully saturated rings. The van der Waals surface area contributed by atoms with Gasteiger partial charge < -0.3 is 10.1 Å². The van der Waals surface area contributed by atoms with Crippen molar-refractivity contribution < 1.29 is 14.3 Å². The van der Waals surface area contributed by atoms with Crippen LogP contribution in [0.25, 0.3) is 0 Å². The van der Waals surface area contributed by atoms with Gasteiger partial charge in [-0.15, -0.1) is 11.8 Å². The van der Waals surface area contributed by atoms with Crippen LogP contribution in [-0.2, 0) is 9.53 Å². The summed E-state index contributed by atoms with van der Waals surface area (Å²) in [6, 6.07) is 4.79. The number of rotatable bonds is 2. The maximum atomic E-state index is 12.5. The van der Waals surface area contributed by atoms with Gasteiger partial charge in [0, 0.05) is 16.5 Å². The minimum absolute atomic E-state index is 0.235. The van der Waals surface area contributed by atoms with Crippen molar-refractivity contribution in [3.05, 3.63) is 28.8 Å². The van der Waals surface area contributed by atoms with Crippen molar-refractivity contribution in [2.24, 2.45) is 0 Å². The molecule has 5 nitrogen and oxygen atoms in total. The van der Waals surface area contributed by atoms with Crippen LogP contribution >= 0.6 is 23.4 Å². The van der Waals surface area contributed by atoms with Crippen LogP contribution in [0.4, 0.5) is 10.5 Å². The highest BCUT2D eigenvalue weighted by atomic mass is 35.5. The molecule has 1 aromatic rings. The number of anilines is 1. The number of nitrogens with one attached hydrogen (secondary N) is 1. The molecular weight excluding hydrogens is 336 g/mol. The molecule has 1 atom stereocenters. The van der Waals surface area contributed by atoms with Gasteiger partial charge in [0.2, 0.25) is 5.91 Å². The predicted octanol–water partition coefficient (Wildman–Crippen LogP) is 3.90. The maximum Gasteiger partial charge on any atom is 0.411 e. The summed E-state index contributed by atoms with van der Waals surface area (Å²) in [6.45, 7) is 7.30. The zero-order valence-electron chi connectivity index (χ0n) is 13.7. The number of hydrogen-bond acceptors (Lipinski definition) is 4. The van der Waals surface area contributed by atoms with Crippen molar-refractivity contribution >= 4 is 41.1 Å². The molecule has 0 aliphatic carbocycles. The van der Waals surface area contributed by atoms with Crippen molar-refractivity contribution in [3.63, 3.8) is 0 Å². The molecule has 23 heavy (non-hydrogen) atoms. The number of halogens is 1. The molecule has 0 aromatic heterocycles. The Kier molecular flexibility index (Phi) is 5.47. The van der Waals surface area contributed by atoms with Gasteiger partial charge in [0.15, 0.2) is 0 Å². The molecule has 7 heteroatoms. The molecule has 126 valence electrons. The van der Waals surface area contributed by atoms with E-state index in [1.807, 2.05) is 13.0 Å². The van der Waals surface area contributed by atoms with Crippen molar-refractivity contribution in [2.45, 2.75) is 39.3 Å². The number of benzene rings is 1. The molecule has 1 N–H and O–H groups in total. The summed E-state index contributed by atoms with van der Waals surface area (Å²) in [4.78, 5) is 26.2. The first-order valence-electron chi connectivity index (χ1n) is 7.32. The number of amides is 2. The van der Waals surface area contributed by atoms with E-state index in [9.17, 15) is 9.59 Å². The van der Waals surface area contributed by atoms with Crippen molar-refractivity contribution in [3.8, 4) is 0 Å². The Bertz CT molecular complexity index is 616. The van der Waals surface area contributed by atoms with Crippen LogP contribution in [-0.4, -0.2) is 40.2 Å². The van der Waals surface area contributed by atoms with Gasteiger partial charge in [-0.25, -0.2) is 4.79 Å². The zero-order valence-corrected chi connectivity index (χ0v) is 15.3. The fraction of sp³-hybridized carbons (Fsp3) is 0.500. The third-order valence-corrected chi connectivity index (χ3v) is 4.67. The van der Waals surface area contributed by atoms with E-state index in [1.54, 1.807) is 32.9 Å².